The van der Waals surface area contributed by atoms with Crippen molar-refractivity contribution in [2.75, 3.05) is 7.05 Å². The van der Waals surface area contributed by atoms with Gasteiger partial charge in [-0.05, 0) is 25.5 Å². The number of H-pyrrole nitrogens is 1. The zero-order valence-electron chi connectivity index (χ0n) is 13.6. The van der Waals surface area contributed by atoms with E-state index in [-0.39, 0.29) is 5.91 Å². The maximum Gasteiger partial charge on any atom is 0.272 e. The number of aromatic nitrogens is 5. The zero-order chi connectivity index (χ0) is 16.4. The Bertz CT molecular complexity index is 834. The number of hydrogen-bond donors (Lipinski definition) is 1. The van der Waals surface area contributed by atoms with Crippen molar-refractivity contribution in [2.24, 2.45) is 0 Å². The molecule has 0 saturated heterocycles. The third-order valence-corrected chi connectivity index (χ3v) is 3.72. The van der Waals surface area contributed by atoms with Crippen LogP contribution < -0.4 is 0 Å². The average Bonchev–Trinajstić information content (AvgIpc) is 3.10. The van der Waals surface area contributed by atoms with Crippen LogP contribution in [0, 0.1) is 6.92 Å². The molecule has 1 amide bonds. The second-order valence-electron chi connectivity index (χ2n) is 5.63. The number of carbonyl (C=O) groups is 1. The van der Waals surface area contributed by atoms with Gasteiger partial charge in [0, 0.05) is 19.4 Å². The number of aromatic amines is 1. The van der Waals surface area contributed by atoms with E-state index in [9.17, 15) is 4.79 Å². The zero-order valence-corrected chi connectivity index (χ0v) is 13.6. The monoisotopic (exact) mass is 312 g/mol. The molecule has 120 valence electrons. The fourth-order valence-electron chi connectivity index (χ4n) is 2.64. The maximum absolute atomic E-state index is 12.8. The summed E-state index contributed by atoms with van der Waals surface area (Å²) in [6.45, 7) is 4.42. The van der Waals surface area contributed by atoms with E-state index >= 15 is 0 Å². The van der Waals surface area contributed by atoms with Gasteiger partial charge in [0.05, 0.1) is 23.6 Å². The first-order chi connectivity index (χ1) is 11.1. The van der Waals surface area contributed by atoms with Crippen molar-refractivity contribution in [1.29, 1.82) is 0 Å². The smallest absolute Gasteiger partial charge is 0.272 e. The van der Waals surface area contributed by atoms with Gasteiger partial charge in [-0.25, -0.2) is 9.97 Å². The van der Waals surface area contributed by atoms with Crippen LogP contribution in [0.3, 0.4) is 0 Å². The lowest BCUT2D eigenvalue weighted by Crippen LogP contribution is -2.28. The first kappa shape index (κ1) is 15.2. The van der Waals surface area contributed by atoms with E-state index in [0.29, 0.717) is 23.7 Å². The lowest BCUT2D eigenvalue weighted by atomic mass is 10.2. The topological polar surface area (TPSA) is 79.2 Å². The van der Waals surface area contributed by atoms with E-state index in [1.165, 1.54) is 0 Å². The molecule has 3 aromatic rings. The fraction of sp³-hybridized carbons (Fsp3) is 0.375. The molecule has 0 saturated carbocycles. The second-order valence-corrected chi connectivity index (χ2v) is 5.63. The number of hydrogen-bond acceptors (Lipinski definition) is 4. The molecule has 3 rings (SSSR count). The molecular formula is C16H20N6O. The number of nitrogens with zero attached hydrogens (tertiary/aromatic N) is 5. The third-order valence-electron chi connectivity index (χ3n) is 3.72. The number of amides is 1. The predicted octanol–water partition coefficient (Wildman–Crippen LogP) is 1.99. The van der Waals surface area contributed by atoms with Crippen molar-refractivity contribution in [3.8, 4) is 0 Å². The molecule has 0 unspecified atom stereocenters. The first-order valence-corrected chi connectivity index (χ1v) is 7.68. The highest BCUT2D eigenvalue weighted by molar-refractivity contribution is 5.94. The normalized spacial score (nSPS) is 11.1. The molecule has 0 atom stereocenters. The Morgan fingerprint density at radius 1 is 1.43 bits per heavy atom. The molecule has 1 N–H and O–H groups in total. The van der Waals surface area contributed by atoms with Crippen molar-refractivity contribution in [3.63, 3.8) is 0 Å². The molecule has 0 bridgehead atoms. The molecule has 0 aliphatic rings. The van der Waals surface area contributed by atoms with Crippen LogP contribution in [0.25, 0.3) is 5.78 Å². The standard InChI is InChI=1S/C16H20N6O/c1-4-6-12-9-13(20-19-12)10-21(3)15(23)14-11(2)18-16-17-7-5-8-22(14)16/h5,7-9H,4,6,10H2,1-3H3,(H,19,20). The highest BCUT2D eigenvalue weighted by atomic mass is 16.2. The van der Waals surface area contributed by atoms with Gasteiger partial charge < -0.3 is 4.90 Å². The third kappa shape index (κ3) is 2.94. The van der Waals surface area contributed by atoms with Crippen molar-refractivity contribution in [3.05, 3.63) is 47.3 Å². The number of nitrogens with one attached hydrogen (secondary N) is 1. The van der Waals surface area contributed by atoms with Crippen molar-refractivity contribution in [2.45, 2.75) is 33.2 Å². The Hall–Kier alpha value is -2.70. The highest BCUT2D eigenvalue weighted by Gasteiger charge is 2.21. The van der Waals surface area contributed by atoms with Gasteiger partial charge in [-0.2, -0.15) is 5.10 Å². The van der Waals surface area contributed by atoms with Crippen LogP contribution in [-0.4, -0.2) is 42.4 Å². The molecule has 0 radical (unpaired) electrons. The summed E-state index contributed by atoms with van der Waals surface area (Å²) in [7, 11) is 1.78. The van der Waals surface area contributed by atoms with Crippen LogP contribution in [0.5, 0.6) is 0 Å². The lowest BCUT2D eigenvalue weighted by Gasteiger charge is -2.16. The summed E-state index contributed by atoms with van der Waals surface area (Å²) in [5, 5.41) is 7.25. The van der Waals surface area contributed by atoms with Crippen LogP contribution >= 0.6 is 0 Å². The van der Waals surface area contributed by atoms with Crippen LogP contribution in [-0.2, 0) is 13.0 Å². The molecule has 0 spiro atoms. The van der Waals surface area contributed by atoms with Crippen LogP contribution in [0.1, 0.15) is 40.9 Å². The summed E-state index contributed by atoms with van der Waals surface area (Å²) < 4.78 is 1.73. The minimum Gasteiger partial charge on any atom is -0.334 e. The summed E-state index contributed by atoms with van der Waals surface area (Å²) >= 11 is 0. The van der Waals surface area contributed by atoms with E-state index < -0.39 is 0 Å². The van der Waals surface area contributed by atoms with E-state index in [4.69, 9.17) is 0 Å². The molecule has 3 heterocycles. The number of rotatable bonds is 5. The summed E-state index contributed by atoms with van der Waals surface area (Å²) in [5.41, 5.74) is 3.17. The summed E-state index contributed by atoms with van der Waals surface area (Å²) in [6.07, 6.45) is 5.46. The quantitative estimate of drug-likeness (QED) is 0.781. The summed E-state index contributed by atoms with van der Waals surface area (Å²) in [5.74, 6) is 0.447. The van der Waals surface area contributed by atoms with Crippen molar-refractivity contribution < 1.29 is 4.79 Å². The molecule has 0 aliphatic carbocycles. The average molecular weight is 312 g/mol. The number of aryl methyl sites for hydroxylation is 2. The van der Waals surface area contributed by atoms with Gasteiger partial charge in [0.1, 0.15) is 5.69 Å². The van der Waals surface area contributed by atoms with E-state index in [2.05, 4.69) is 27.1 Å². The van der Waals surface area contributed by atoms with Crippen LogP contribution in [0.2, 0.25) is 0 Å². The highest BCUT2D eigenvalue weighted by Crippen LogP contribution is 2.14. The second kappa shape index (κ2) is 6.20. The van der Waals surface area contributed by atoms with E-state index in [0.717, 1.165) is 24.2 Å². The SMILES string of the molecule is CCCc1cc(CN(C)C(=O)c2c(C)nc3ncccn23)[nH]n1. The lowest BCUT2D eigenvalue weighted by molar-refractivity contribution is 0.0775. The van der Waals surface area contributed by atoms with E-state index in [1.54, 1.807) is 34.8 Å². The Labute approximate surface area is 134 Å². The maximum atomic E-state index is 12.8. The van der Waals surface area contributed by atoms with Crippen molar-refractivity contribution >= 4 is 11.7 Å². The van der Waals surface area contributed by atoms with Gasteiger partial charge in [-0.1, -0.05) is 13.3 Å². The Balaban J connectivity index is 1.82. The van der Waals surface area contributed by atoms with Gasteiger partial charge >= 0.3 is 0 Å². The van der Waals surface area contributed by atoms with Gasteiger partial charge in [-0.15, -0.1) is 0 Å². The minimum atomic E-state index is -0.0883. The van der Waals surface area contributed by atoms with E-state index in [1.807, 2.05) is 13.0 Å². The Kier molecular flexibility index (Phi) is 4.10. The predicted molar refractivity (Wildman–Crippen MR) is 86.1 cm³/mol. The largest absolute Gasteiger partial charge is 0.334 e. The molecule has 0 aromatic carbocycles. The van der Waals surface area contributed by atoms with Crippen LogP contribution in [0.4, 0.5) is 0 Å². The van der Waals surface area contributed by atoms with Gasteiger partial charge in [-0.3, -0.25) is 14.3 Å². The summed E-state index contributed by atoms with van der Waals surface area (Å²) in [4.78, 5) is 23.0. The summed E-state index contributed by atoms with van der Waals surface area (Å²) in [6, 6.07) is 3.80. The minimum absolute atomic E-state index is 0.0883. The molecule has 7 nitrogen and oxygen atoms in total. The Morgan fingerprint density at radius 3 is 3.04 bits per heavy atom. The van der Waals surface area contributed by atoms with Gasteiger partial charge in [0.25, 0.3) is 5.91 Å². The fourth-order valence-corrected chi connectivity index (χ4v) is 2.64. The molecule has 7 heteroatoms. The number of imidazole rings is 1. The molecule has 0 fully saturated rings. The van der Waals surface area contributed by atoms with Crippen LogP contribution in [0.15, 0.2) is 24.5 Å². The van der Waals surface area contributed by atoms with Crippen molar-refractivity contribution in [1.82, 2.24) is 29.5 Å². The number of carbonyl (C=O) groups excluding carboxylic acids is 1. The van der Waals surface area contributed by atoms with Gasteiger partial charge in [0.15, 0.2) is 0 Å². The molecule has 23 heavy (non-hydrogen) atoms. The molecular weight excluding hydrogens is 292 g/mol. The first-order valence-electron chi connectivity index (χ1n) is 7.68. The molecule has 0 aliphatic heterocycles. The molecule has 3 aromatic heterocycles. The number of fused-ring (bicyclic) bond motifs is 1. The Morgan fingerprint density at radius 2 is 2.26 bits per heavy atom. The van der Waals surface area contributed by atoms with Gasteiger partial charge in [0.2, 0.25) is 5.78 Å².